The van der Waals surface area contributed by atoms with Crippen LogP contribution in [0.1, 0.15) is 244 Å². The highest BCUT2D eigenvalue weighted by molar-refractivity contribution is 5.13. The first kappa shape index (κ1) is 44.6. The zero-order valence-electron chi connectivity index (χ0n) is 34.1. The molecular formula is C48H87N2+. The van der Waals surface area contributed by atoms with E-state index in [1.165, 1.54) is 237 Å². The maximum absolute atomic E-state index is 2.60. The molecular weight excluding hydrogens is 605 g/mol. The van der Waals surface area contributed by atoms with Gasteiger partial charge in [-0.25, -0.2) is 9.13 Å². The quantitative estimate of drug-likeness (QED) is 0.0489. The number of rotatable bonds is 38. The minimum Gasteiger partial charge on any atom is -0.234 e. The monoisotopic (exact) mass is 692 g/mol. The molecule has 0 radical (unpaired) electrons. The van der Waals surface area contributed by atoms with E-state index >= 15 is 0 Å². The summed E-state index contributed by atoms with van der Waals surface area (Å²) in [7, 11) is 0. The molecule has 50 heavy (non-hydrogen) atoms. The first-order chi connectivity index (χ1) is 24.8. The lowest BCUT2D eigenvalue weighted by Gasteiger charge is -2.07. The fraction of sp³-hybridized carbons (Fsp3) is 0.812. The second-order valence-electron chi connectivity index (χ2n) is 16.1. The van der Waals surface area contributed by atoms with Crippen molar-refractivity contribution in [2.75, 3.05) is 0 Å². The van der Waals surface area contributed by atoms with Crippen molar-refractivity contribution in [1.29, 1.82) is 0 Å². The molecule has 1 heterocycles. The van der Waals surface area contributed by atoms with Crippen LogP contribution in [0, 0.1) is 0 Å². The number of benzene rings is 1. The highest BCUT2D eigenvalue weighted by atomic mass is 15.1. The van der Waals surface area contributed by atoms with Crippen molar-refractivity contribution >= 4 is 0 Å². The van der Waals surface area contributed by atoms with E-state index in [0.29, 0.717) is 0 Å². The Bertz CT molecular complexity index is 946. The molecule has 0 amide bonds. The van der Waals surface area contributed by atoms with Crippen LogP contribution in [-0.2, 0) is 19.5 Å². The van der Waals surface area contributed by atoms with Crippen LogP contribution in [0.4, 0.5) is 0 Å². The summed E-state index contributed by atoms with van der Waals surface area (Å²) in [6.07, 6.45) is 54.9. The van der Waals surface area contributed by atoms with Crippen LogP contribution >= 0.6 is 0 Å². The predicted molar refractivity (Wildman–Crippen MR) is 222 cm³/mol. The Morgan fingerprint density at radius 3 is 1.12 bits per heavy atom. The molecule has 0 aliphatic carbocycles. The SMILES string of the molecule is CCCCCCCCCCCCCCCCCCCc1n(CCCCCCCCCCCCCCCCCCC)cc[n+]1Cc1ccccc1. The molecule has 0 bridgehead atoms. The molecule has 288 valence electrons. The van der Waals surface area contributed by atoms with Gasteiger partial charge in [-0.15, -0.1) is 0 Å². The van der Waals surface area contributed by atoms with Gasteiger partial charge < -0.3 is 0 Å². The number of imidazole rings is 1. The van der Waals surface area contributed by atoms with E-state index in [2.05, 4.69) is 65.7 Å². The van der Waals surface area contributed by atoms with E-state index in [1.54, 1.807) is 5.82 Å². The standard InChI is InChI=1S/C48H87N2/c1-3-5-7-9-11-13-15-17-19-21-23-25-27-29-31-33-38-42-48-49(44-45-50(48)46-47-40-36-35-37-41-47)43-39-34-32-30-28-26-24-22-20-18-16-14-12-10-8-6-4-2/h35-37,40-41,44-45H,3-34,38-39,42-43,46H2,1-2H3/q+1. The third-order valence-electron chi connectivity index (χ3n) is 11.3. The lowest BCUT2D eigenvalue weighted by atomic mass is 10.0. The largest absolute Gasteiger partial charge is 0.256 e. The zero-order valence-corrected chi connectivity index (χ0v) is 34.1. The van der Waals surface area contributed by atoms with Gasteiger partial charge >= 0.3 is 0 Å². The Morgan fingerprint density at radius 2 is 0.740 bits per heavy atom. The van der Waals surface area contributed by atoms with E-state index in [0.717, 1.165) is 6.54 Å². The van der Waals surface area contributed by atoms with Crippen molar-refractivity contribution in [3.63, 3.8) is 0 Å². The minimum atomic E-state index is 1.00. The average Bonchev–Trinajstić information content (AvgIpc) is 3.51. The fourth-order valence-electron chi connectivity index (χ4n) is 7.93. The first-order valence-electron chi connectivity index (χ1n) is 23.0. The number of unbranched alkanes of at least 4 members (excludes halogenated alkanes) is 32. The Hall–Kier alpha value is -1.57. The van der Waals surface area contributed by atoms with E-state index in [1.807, 2.05) is 0 Å². The van der Waals surface area contributed by atoms with Crippen molar-refractivity contribution in [3.05, 3.63) is 54.1 Å². The summed E-state index contributed by atoms with van der Waals surface area (Å²) in [4.78, 5) is 0. The van der Waals surface area contributed by atoms with Gasteiger partial charge in [-0.1, -0.05) is 243 Å². The van der Waals surface area contributed by atoms with Crippen LogP contribution < -0.4 is 4.57 Å². The van der Waals surface area contributed by atoms with Gasteiger partial charge in [0.25, 0.3) is 5.82 Å². The molecule has 2 rings (SSSR count). The highest BCUT2D eigenvalue weighted by Gasteiger charge is 2.17. The smallest absolute Gasteiger partial charge is 0.234 e. The van der Waals surface area contributed by atoms with Crippen LogP contribution in [0.2, 0.25) is 0 Å². The van der Waals surface area contributed by atoms with E-state index in [-0.39, 0.29) is 0 Å². The van der Waals surface area contributed by atoms with Crippen LogP contribution in [-0.4, -0.2) is 4.57 Å². The molecule has 2 aromatic rings. The van der Waals surface area contributed by atoms with Crippen molar-refractivity contribution in [2.45, 2.75) is 252 Å². The molecule has 0 aliphatic rings. The molecule has 0 saturated carbocycles. The molecule has 2 nitrogen and oxygen atoms in total. The topological polar surface area (TPSA) is 8.81 Å². The van der Waals surface area contributed by atoms with Crippen LogP contribution in [0.3, 0.4) is 0 Å². The lowest BCUT2D eigenvalue weighted by Crippen LogP contribution is -2.37. The highest BCUT2D eigenvalue weighted by Crippen LogP contribution is 2.17. The molecule has 0 atom stereocenters. The van der Waals surface area contributed by atoms with Gasteiger partial charge in [-0.2, -0.15) is 0 Å². The van der Waals surface area contributed by atoms with Gasteiger partial charge in [-0.05, 0) is 24.8 Å². The number of aryl methyl sites for hydroxylation is 1. The maximum Gasteiger partial charge on any atom is 0.256 e. The van der Waals surface area contributed by atoms with Crippen molar-refractivity contribution in [1.82, 2.24) is 4.57 Å². The first-order valence-corrected chi connectivity index (χ1v) is 23.0. The van der Waals surface area contributed by atoms with E-state index < -0.39 is 0 Å². The second kappa shape index (κ2) is 34.5. The molecule has 0 N–H and O–H groups in total. The number of nitrogens with zero attached hydrogens (tertiary/aromatic N) is 2. The van der Waals surface area contributed by atoms with Crippen molar-refractivity contribution in [3.8, 4) is 0 Å². The summed E-state index contributed by atoms with van der Waals surface area (Å²) in [6, 6.07) is 11.1. The summed E-state index contributed by atoms with van der Waals surface area (Å²) in [5, 5.41) is 0. The maximum atomic E-state index is 2.60. The molecule has 0 unspecified atom stereocenters. The predicted octanol–water partition coefficient (Wildman–Crippen LogP) is 15.7. The van der Waals surface area contributed by atoms with Gasteiger partial charge in [0.1, 0.15) is 18.9 Å². The summed E-state index contributed by atoms with van der Waals surface area (Å²) < 4.78 is 5.13. The van der Waals surface area contributed by atoms with Crippen LogP contribution in [0.15, 0.2) is 42.7 Å². The van der Waals surface area contributed by atoms with E-state index in [4.69, 9.17) is 0 Å². The molecule has 1 aromatic heterocycles. The Balaban J connectivity index is 1.51. The van der Waals surface area contributed by atoms with E-state index in [9.17, 15) is 0 Å². The van der Waals surface area contributed by atoms with Crippen molar-refractivity contribution < 1.29 is 4.57 Å². The average molecular weight is 692 g/mol. The van der Waals surface area contributed by atoms with Gasteiger partial charge in [0.2, 0.25) is 0 Å². The molecule has 2 heteroatoms. The second-order valence-corrected chi connectivity index (χ2v) is 16.1. The summed E-state index contributed by atoms with van der Waals surface area (Å²) in [5.41, 5.74) is 1.41. The van der Waals surface area contributed by atoms with Crippen LogP contribution in [0.5, 0.6) is 0 Å². The molecule has 0 fully saturated rings. The fourth-order valence-corrected chi connectivity index (χ4v) is 7.93. The van der Waals surface area contributed by atoms with Gasteiger partial charge in [-0.3, -0.25) is 0 Å². The number of hydrogen-bond acceptors (Lipinski definition) is 0. The lowest BCUT2D eigenvalue weighted by molar-refractivity contribution is -0.695. The summed E-state index contributed by atoms with van der Waals surface area (Å²) >= 11 is 0. The third-order valence-corrected chi connectivity index (χ3v) is 11.3. The summed E-state index contributed by atoms with van der Waals surface area (Å²) in [6.45, 7) is 6.81. The number of aromatic nitrogens is 2. The van der Waals surface area contributed by atoms with Gasteiger partial charge in [0, 0.05) is 6.42 Å². The molecule has 1 aromatic carbocycles. The minimum absolute atomic E-state index is 1.00. The van der Waals surface area contributed by atoms with Gasteiger partial charge in [0.15, 0.2) is 0 Å². The molecule has 0 aliphatic heterocycles. The van der Waals surface area contributed by atoms with Gasteiger partial charge in [0.05, 0.1) is 6.54 Å². The van der Waals surface area contributed by atoms with Crippen molar-refractivity contribution in [2.24, 2.45) is 0 Å². The molecule has 0 saturated heterocycles. The van der Waals surface area contributed by atoms with Crippen LogP contribution in [0.25, 0.3) is 0 Å². The Kier molecular flexibility index (Phi) is 30.8. The zero-order chi connectivity index (χ0) is 35.4. The Morgan fingerprint density at radius 1 is 0.400 bits per heavy atom. The third kappa shape index (κ3) is 25.4. The molecule has 0 spiro atoms. The Labute approximate surface area is 314 Å². The number of hydrogen-bond donors (Lipinski definition) is 0. The summed E-state index contributed by atoms with van der Waals surface area (Å²) in [5.74, 6) is 1.55. The normalized spacial score (nSPS) is 11.6.